The number of ether oxygens (including phenoxy) is 3. The van der Waals surface area contributed by atoms with Crippen molar-refractivity contribution < 1.29 is 61.9 Å². The lowest BCUT2D eigenvalue weighted by molar-refractivity contribution is -0.247. The van der Waals surface area contributed by atoms with Gasteiger partial charge in [0.25, 0.3) is 10.0 Å². The van der Waals surface area contributed by atoms with Gasteiger partial charge in [-0.25, -0.2) is 8.42 Å². The van der Waals surface area contributed by atoms with E-state index in [2.05, 4.69) is 0 Å². The number of alkyl halides is 6. The Morgan fingerprint density at radius 1 is 0.872 bits per heavy atom. The molecule has 0 bridgehead atoms. The molecule has 1 N–H and O–H groups in total. The lowest BCUT2D eigenvalue weighted by atomic mass is 9.84. The van der Waals surface area contributed by atoms with Crippen LogP contribution in [-0.4, -0.2) is 75.5 Å². The monoisotopic (exact) mass is 615 g/mol. The fourth-order valence-electron chi connectivity index (χ4n) is 3.88. The predicted molar refractivity (Wildman–Crippen MR) is 127 cm³/mol. The topological polar surface area (TPSA) is 119 Å². The smallest absolute Gasteiger partial charge is 0.439 e. The zero-order valence-electron chi connectivity index (χ0n) is 21.8. The van der Waals surface area contributed by atoms with E-state index in [4.69, 9.17) is 18.8 Å². The molecule has 0 atom stereocenters. The lowest BCUT2D eigenvalue weighted by Gasteiger charge is -2.37. The number of rotatable bonds is 11. The number of nitrogens with zero attached hydrogens (tertiary/aromatic N) is 1. The van der Waals surface area contributed by atoms with E-state index in [9.17, 15) is 43.2 Å². The zero-order valence-corrected chi connectivity index (χ0v) is 23.4. The first-order chi connectivity index (χ1) is 17.6. The van der Waals surface area contributed by atoms with Crippen LogP contribution in [0.2, 0.25) is 0 Å². The highest BCUT2D eigenvalue weighted by Gasteiger charge is 2.82. The third-order valence-corrected chi connectivity index (χ3v) is 8.97. The molecule has 1 aliphatic heterocycles. The Morgan fingerprint density at radius 2 is 1.31 bits per heavy atom. The molecular formula is C22H31F6NO8S2. The van der Waals surface area contributed by atoms with Gasteiger partial charge in [-0.15, -0.1) is 0 Å². The van der Waals surface area contributed by atoms with E-state index in [1.165, 1.54) is 14.2 Å². The summed E-state index contributed by atoms with van der Waals surface area (Å²) in [7, 11) is -10.7. The number of sulfonamides is 1. The van der Waals surface area contributed by atoms with E-state index in [0.717, 1.165) is 5.56 Å². The predicted octanol–water partition coefficient (Wildman–Crippen LogP) is 4.16. The minimum atomic E-state index is -7.09. The Hall–Kier alpha value is -1.66. The van der Waals surface area contributed by atoms with Crippen molar-refractivity contribution >= 4 is 20.1 Å². The van der Waals surface area contributed by atoms with Crippen molar-refractivity contribution in [2.24, 2.45) is 0 Å². The molecule has 0 radical (unpaired) electrons. The Labute approximate surface area is 223 Å². The minimum absolute atomic E-state index is 0.118. The first-order valence-corrected chi connectivity index (χ1v) is 14.3. The van der Waals surface area contributed by atoms with Crippen LogP contribution in [0, 0.1) is 0 Å². The molecule has 1 saturated heterocycles. The summed E-state index contributed by atoms with van der Waals surface area (Å²) < 4.78 is 154. The normalized spacial score (nSPS) is 17.4. The van der Waals surface area contributed by atoms with Crippen LogP contribution in [0.4, 0.5) is 26.3 Å². The van der Waals surface area contributed by atoms with Gasteiger partial charge in [0.05, 0.1) is 13.2 Å². The second-order valence-electron chi connectivity index (χ2n) is 10.0. The largest absolute Gasteiger partial charge is 0.490 e. The Morgan fingerprint density at radius 3 is 1.67 bits per heavy atom. The molecule has 9 nitrogen and oxygen atoms in total. The summed E-state index contributed by atoms with van der Waals surface area (Å²) in [6, 6.07) is 3.69. The molecule has 0 spiro atoms. The number of halogens is 6. The third kappa shape index (κ3) is 6.32. The van der Waals surface area contributed by atoms with Crippen molar-refractivity contribution in [1.29, 1.82) is 0 Å². The van der Waals surface area contributed by atoms with Crippen LogP contribution in [0.3, 0.4) is 0 Å². The molecule has 1 heterocycles. The second kappa shape index (κ2) is 11.3. The molecule has 1 fully saturated rings. The highest BCUT2D eigenvalue weighted by atomic mass is 32.2. The SMILES string of the molecule is COCc1cc(C(C)(C)C)cc(COC)c1OC1CCN(S(=O)(=O)C(F)(F)C(F)(F)C(F)(F)S(=O)(=O)O)CC1. The van der Waals surface area contributed by atoms with Gasteiger partial charge in [-0.05, 0) is 36.0 Å². The number of benzene rings is 1. The van der Waals surface area contributed by atoms with Gasteiger partial charge in [-0.2, -0.15) is 39.1 Å². The van der Waals surface area contributed by atoms with Gasteiger partial charge in [0, 0.05) is 38.4 Å². The fraction of sp³-hybridized carbons (Fsp3) is 0.727. The summed E-state index contributed by atoms with van der Waals surface area (Å²) in [5.41, 5.74) is 1.90. The molecule has 226 valence electrons. The molecule has 2 rings (SSSR count). The van der Waals surface area contributed by atoms with Gasteiger partial charge in [0.15, 0.2) is 0 Å². The minimum Gasteiger partial charge on any atom is -0.490 e. The van der Waals surface area contributed by atoms with Gasteiger partial charge in [0.2, 0.25) is 0 Å². The van der Waals surface area contributed by atoms with E-state index in [-0.39, 0.29) is 35.8 Å². The fourth-order valence-corrected chi connectivity index (χ4v) is 5.86. The molecule has 0 amide bonds. The lowest BCUT2D eigenvalue weighted by Crippen LogP contribution is -2.63. The first-order valence-electron chi connectivity index (χ1n) is 11.5. The van der Waals surface area contributed by atoms with Crippen molar-refractivity contribution in [3.8, 4) is 5.75 Å². The third-order valence-electron chi connectivity index (χ3n) is 6.11. The van der Waals surface area contributed by atoms with E-state index in [1.807, 2.05) is 32.9 Å². The first kappa shape index (κ1) is 33.5. The maximum atomic E-state index is 14.3. The summed E-state index contributed by atoms with van der Waals surface area (Å²) in [5.74, 6) is -6.64. The summed E-state index contributed by atoms with van der Waals surface area (Å²) in [6.07, 6.45) is -1.39. The van der Waals surface area contributed by atoms with Crippen molar-refractivity contribution in [1.82, 2.24) is 4.31 Å². The van der Waals surface area contributed by atoms with E-state index < -0.39 is 55.8 Å². The highest BCUT2D eigenvalue weighted by Crippen LogP contribution is 2.51. The molecule has 39 heavy (non-hydrogen) atoms. The van der Waals surface area contributed by atoms with Gasteiger partial charge >= 0.3 is 26.5 Å². The standard InChI is InChI=1S/C22H31F6NO8S2/c1-19(2,3)16-10-14(12-35-4)18(15(11-16)13-36-5)37-17-6-8-29(9-7-17)38(30,31)21(25,26)20(23,24)22(27,28)39(32,33)34/h10-11,17H,6-9,12-13H2,1-5H3,(H,32,33,34). The van der Waals surface area contributed by atoms with Crippen molar-refractivity contribution in [2.75, 3.05) is 27.3 Å². The van der Waals surface area contributed by atoms with Crippen LogP contribution < -0.4 is 4.74 Å². The second-order valence-corrected chi connectivity index (χ2v) is 13.5. The van der Waals surface area contributed by atoms with Crippen molar-refractivity contribution in [3.05, 3.63) is 28.8 Å². The number of piperidine rings is 1. The average Bonchev–Trinajstić information content (AvgIpc) is 2.79. The van der Waals surface area contributed by atoms with Crippen LogP contribution in [0.25, 0.3) is 0 Å². The maximum absolute atomic E-state index is 14.3. The number of hydrogen-bond acceptors (Lipinski definition) is 7. The molecular weight excluding hydrogens is 584 g/mol. The van der Waals surface area contributed by atoms with Gasteiger partial charge < -0.3 is 14.2 Å². The molecule has 0 aliphatic carbocycles. The molecule has 1 aromatic rings. The van der Waals surface area contributed by atoms with E-state index >= 15 is 0 Å². The van der Waals surface area contributed by atoms with Crippen LogP contribution in [-0.2, 0) is 48.2 Å². The number of methoxy groups -OCH3 is 2. The van der Waals surface area contributed by atoms with Crippen molar-refractivity contribution in [3.63, 3.8) is 0 Å². The summed E-state index contributed by atoms with van der Waals surface area (Å²) in [4.78, 5) is 0. The van der Waals surface area contributed by atoms with Crippen molar-refractivity contribution in [2.45, 2.75) is 74.8 Å². The Bertz CT molecular complexity index is 1210. The molecule has 1 aromatic carbocycles. The van der Waals surface area contributed by atoms with Crippen LogP contribution in [0.15, 0.2) is 12.1 Å². The average molecular weight is 616 g/mol. The Balaban J connectivity index is 2.32. The van der Waals surface area contributed by atoms with Crippen LogP contribution >= 0.6 is 0 Å². The summed E-state index contributed by atoms with van der Waals surface area (Å²) in [6.45, 7) is 4.54. The highest BCUT2D eigenvalue weighted by molar-refractivity contribution is 7.90. The van der Waals surface area contributed by atoms with Crippen LogP contribution in [0.5, 0.6) is 5.75 Å². The number of hydrogen-bond donors (Lipinski definition) is 1. The zero-order chi connectivity index (χ0) is 30.2. The quantitative estimate of drug-likeness (QED) is 0.291. The van der Waals surface area contributed by atoms with Crippen LogP contribution in [0.1, 0.15) is 50.3 Å². The molecule has 0 unspecified atom stereocenters. The molecule has 17 heteroatoms. The van der Waals surface area contributed by atoms with E-state index in [0.29, 0.717) is 16.9 Å². The van der Waals surface area contributed by atoms with Gasteiger partial charge in [0.1, 0.15) is 11.9 Å². The molecule has 1 aliphatic rings. The summed E-state index contributed by atoms with van der Waals surface area (Å²) in [5, 5.41) is -13.4. The van der Waals surface area contributed by atoms with Gasteiger partial charge in [-0.3, -0.25) is 4.55 Å². The van der Waals surface area contributed by atoms with Gasteiger partial charge in [-0.1, -0.05) is 20.8 Å². The van der Waals surface area contributed by atoms with E-state index in [1.54, 1.807) is 0 Å². The summed E-state index contributed by atoms with van der Waals surface area (Å²) >= 11 is 0. The Kier molecular flexibility index (Phi) is 9.73. The molecule has 0 saturated carbocycles. The maximum Gasteiger partial charge on any atom is 0.439 e. The molecule has 0 aromatic heterocycles.